The SMILES string of the molecule is CCN(CC)CCn1nc2c3c(c(NCCNCCO)ccc31)Sc1ccc(OC)cc1-2.Cl. The maximum atomic E-state index is 8.96. The predicted molar refractivity (Wildman–Crippen MR) is 139 cm³/mol. The maximum Gasteiger partial charge on any atom is 0.119 e. The fourth-order valence-electron chi connectivity index (χ4n) is 4.13. The lowest BCUT2D eigenvalue weighted by Crippen LogP contribution is -2.27. The zero-order valence-electron chi connectivity index (χ0n) is 19.6. The Kier molecular flexibility index (Phi) is 9.28. The van der Waals surface area contributed by atoms with Gasteiger partial charge in [0.15, 0.2) is 0 Å². The number of fused-ring (bicyclic) bond motifs is 2. The minimum absolute atomic E-state index is 0. The summed E-state index contributed by atoms with van der Waals surface area (Å²) in [7, 11) is 1.71. The number of halogens is 1. The molecule has 0 radical (unpaired) electrons. The van der Waals surface area contributed by atoms with E-state index in [0.29, 0.717) is 6.54 Å². The zero-order valence-corrected chi connectivity index (χ0v) is 21.2. The van der Waals surface area contributed by atoms with Crippen LogP contribution in [0.15, 0.2) is 40.1 Å². The van der Waals surface area contributed by atoms with Gasteiger partial charge in [0, 0.05) is 52.6 Å². The molecule has 4 rings (SSSR count). The number of aliphatic hydroxyl groups is 1. The third-order valence-corrected chi connectivity index (χ3v) is 7.16. The number of benzene rings is 2. The topological polar surface area (TPSA) is 74.6 Å². The molecule has 0 saturated heterocycles. The van der Waals surface area contributed by atoms with Crippen LogP contribution in [0.25, 0.3) is 22.2 Å². The van der Waals surface area contributed by atoms with Crippen molar-refractivity contribution in [2.24, 2.45) is 0 Å². The van der Waals surface area contributed by atoms with Crippen molar-refractivity contribution in [2.75, 3.05) is 58.3 Å². The van der Waals surface area contributed by atoms with Crippen molar-refractivity contribution in [3.8, 4) is 17.0 Å². The first-order valence-corrected chi connectivity index (χ1v) is 12.2. The lowest BCUT2D eigenvalue weighted by Gasteiger charge is -2.20. The van der Waals surface area contributed by atoms with Crippen molar-refractivity contribution < 1.29 is 9.84 Å². The van der Waals surface area contributed by atoms with E-state index in [-0.39, 0.29) is 19.0 Å². The van der Waals surface area contributed by atoms with E-state index in [0.717, 1.165) is 62.0 Å². The number of hydrogen-bond donors (Lipinski definition) is 3. The van der Waals surface area contributed by atoms with Crippen LogP contribution in [-0.4, -0.2) is 72.8 Å². The first-order valence-electron chi connectivity index (χ1n) is 11.4. The highest BCUT2D eigenvalue weighted by atomic mass is 35.5. The van der Waals surface area contributed by atoms with E-state index in [1.807, 2.05) is 6.07 Å². The molecule has 0 unspecified atom stereocenters. The quantitative estimate of drug-likeness (QED) is 0.259. The molecule has 0 aliphatic carbocycles. The van der Waals surface area contributed by atoms with E-state index in [4.69, 9.17) is 14.9 Å². The van der Waals surface area contributed by atoms with Gasteiger partial charge in [-0.25, -0.2) is 0 Å². The maximum absolute atomic E-state index is 8.96. The second-order valence-corrected chi connectivity index (χ2v) is 8.85. The van der Waals surface area contributed by atoms with Crippen LogP contribution in [0.2, 0.25) is 0 Å². The van der Waals surface area contributed by atoms with Crippen molar-refractivity contribution in [1.82, 2.24) is 20.0 Å². The number of nitrogens with one attached hydrogen (secondary N) is 2. The van der Waals surface area contributed by atoms with Gasteiger partial charge in [-0.15, -0.1) is 12.4 Å². The Hall–Kier alpha value is -1.97. The Labute approximate surface area is 206 Å². The van der Waals surface area contributed by atoms with Gasteiger partial charge in [-0.05, 0) is 43.4 Å². The van der Waals surface area contributed by atoms with Gasteiger partial charge in [-0.2, -0.15) is 5.10 Å². The van der Waals surface area contributed by atoms with Crippen LogP contribution in [-0.2, 0) is 6.54 Å². The molecule has 9 heteroatoms. The van der Waals surface area contributed by atoms with E-state index in [2.05, 4.69) is 58.3 Å². The lowest BCUT2D eigenvalue weighted by molar-refractivity contribution is 0.287. The van der Waals surface area contributed by atoms with E-state index < -0.39 is 0 Å². The number of ether oxygens (including phenoxy) is 1. The molecule has 3 N–H and O–H groups in total. The molecule has 0 bridgehead atoms. The third-order valence-electron chi connectivity index (χ3n) is 5.95. The van der Waals surface area contributed by atoms with Crippen LogP contribution < -0.4 is 15.4 Å². The number of nitrogens with zero attached hydrogens (tertiary/aromatic N) is 3. The fourth-order valence-corrected chi connectivity index (χ4v) is 5.31. The predicted octanol–water partition coefficient (Wildman–Crippen LogP) is 3.93. The molecule has 180 valence electrons. The zero-order chi connectivity index (χ0) is 22.5. The molecule has 1 aliphatic heterocycles. The number of aromatic nitrogens is 2. The monoisotopic (exact) mass is 491 g/mol. The van der Waals surface area contributed by atoms with E-state index in [1.54, 1.807) is 18.9 Å². The van der Waals surface area contributed by atoms with Crippen LogP contribution in [0.4, 0.5) is 5.69 Å². The van der Waals surface area contributed by atoms with Crippen molar-refractivity contribution in [2.45, 2.75) is 30.2 Å². The first kappa shape index (κ1) is 25.6. The summed E-state index contributed by atoms with van der Waals surface area (Å²) in [6, 6.07) is 10.6. The molecule has 0 amide bonds. The summed E-state index contributed by atoms with van der Waals surface area (Å²) in [6.07, 6.45) is 0. The average molecular weight is 492 g/mol. The van der Waals surface area contributed by atoms with Gasteiger partial charge in [0.25, 0.3) is 0 Å². The van der Waals surface area contributed by atoms with E-state index in [1.165, 1.54) is 20.7 Å². The summed E-state index contributed by atoms with van der Waals surface area (Å²) in [5.74, 6) is 0.850. The van der Waals surface area contributed by atoms with Gasteiger partial charge in [0.2, 0.25) is 0 Å². The van der Waals surface area contributed by atoms with Gasteiger partial charge >= 0.3 is 0 Å². The van der Waals surface area contributed by atoms with Crippen molar-refractivity contribution >= 4 is 40.8 Å². The highest BCUT2D eigenvalue weighted by Gasteiger charge is 2.26. The first-order chi connectivity index (χ1) is 15.7. The Balaban J connectivity index is 0.00000306. The molecule has 1 aliphatic rings. The number of aliphatic hydroxyl groups excluding tert-OH is 1. The van der Waals surface area contributed by atoms with Gasteiger partial charge < -0.3 is 25.4 Å². The van der Waals surface area contributed by atoms with Crippen LogP contribution in [0, 0.1) is 0 Å². The summed E-state index contributed by atoms with van der Waals surface area (Å²) < 4.78 is 7.66. The summed E-state index contributed by atoms with van der Waals surface area (Å²) >= 11 is 1.79. The smallest absolute Gasteiger partial charge is 0.119 e. The largest absolute Gasteiger partial charge is 0.497 e. The lowest BCUT2D eigenvalue weighted by atomic mass is 10.1. The molecule has 2 aromatic carbocycles. The second-order valence-electron chi connectivity index (χ2n) is 7.80. The third kappa shape index (κ3) is 5.41. The highest BCUT2D eigenvalue weighted by Crippen LogP contribution is 2.51. The Morgan fingerprint density at radius 3 is 2.67 bits per heavy atom. The van der Waals surface area contributed by atoms with Gasteiger partial charge in [0.1, 0.15) is 11.4 Å². The average Bonchev–Trinajstić information content (AvgIpc) is 3.20. The molecule has 7 nitrogen and oxygen atoms in total. The van der Waals surface area contributed by atoms with E-state index >= 15 is 0 Å². The van der Waals surface area contributed by atoms with Gasteiger partial charge in [-0.1, -0.05) is 25.6 Å². The normalized spacial score (nSPS) is 12.0. The van der Waals surface area contributed by atoms with Crippen LogP contribution in [0.3, 0.4) is 0 Å². The number of anilines is 1. The molecule has 0 fully saturated rings. The minimum atomic E-state index is 0. The molecule has 0 atom stereocenters. The van der Waals surface area contributed by atoms with Crippen LogP contribution in [0.5, 0.6) is 5.75 Å². The van der Waals surface area contributed by atoms with Crippen LogP contribution in [0.1, 0.15) is 13.8 Å². The number of methoxy groups -OCH3 is 1. The standard InChI is InChI=1S/C24H33N5O2S.ClH/c1-4-28(5-2)13-14-29-20-8-7-19(26-11-10-25-12-15-30)24-22(20)23(27-29)18-16-17(31-3)6-9-21(18)32-24;/h6-9,16,25-26,30H,4-5,10-15H2,1-3H3;1H. The van der Waals surface area contributed by atoms with Crippen molar-refractivity contribution in [3.63, 3.8) is 0 Å². The van der Waals surface area contributed by atoms with Crippen LogP contribution >= 0.6 is 24.2 Å². The number of hydrogen-bond acceptors (Lipinski definition) is 7. The molecular weight excluding hydrogens is 458 g/mol. The Morgan fingerprint density at radius 1 is 1.12 bits per heavy atom. The molecule has 2 heterocycles. The van der Waals surface area contributed by atoms with Gasteiger partial charge in [0.05, 0.1) is 25.8 Å². The van der Waals surface area contributed by atoms with Crippen molar-refractivity contribution in [1.29, 1.82) is 0 Å². The summed E-state index contributed by atoms with van der Waals surface area (Å²) in [5, 5.41) is 22.1. The van der Waals surface area contributed by atoms with Crippen molar-refractivity contribution in [3.05, 3.63) is 30.3 Å². The highest BCUT2D eigenvalue weighted by molar-refractivity contribution is 8.00. The Morgan fingerprint density at radius 2 is 1.94 bits per heavy atom. The molecule has 0 saturated carbocycles. The number of rotatable bonds is 12. The second kappa shape index (κ2) is 11.9. The Bertz CT molecular complexity index is 1070. The summed E-state index contributed by atoms with van der Waals surface area (Å²) in [6.45, 7) is 10.7. The van der Waals surface area contributed by atoms with Gasteiger partial charge in [-0.3, -0.25) is 4.68 Å². The summed E-state index contributed by atoms with van der Waals surface area (Å²) in [4.78, 5) is 4.85. The fraction of sp³-hybridized carbons (Fsp3) is 0.458. The summed E-state index contributed by atoms with van der Waals surface area (Å²) in [5.41, 5.74) is 4.46. The molecule has 3 aromatic rings. The molecular formula is C24H34ClN5O2S. The molecule has 0 spiro atoms. The van der Waals surface area contributed by atoms with E-state index in [9.17, 15) is 0 Å². The molecule has 1 aromatic heterocycles. The molecule has 33 heavy (non-hydrogen) atoms. The minimum Gasteiger partial charge on any atom is -0.497 e. The number of likely N-dealkylation sites (N-methyl/N-ethyl adjacent to an activating group) is 1.